The lowest BCUT2D eigenvalue weighted by molar-refractivity contribution is -0.145. The van der Waals surface area contributed by atoms with Gasteiger partial charge in [-0.3, -0.25) is 19.3 Å². The Morgan fingerprint density at radius 2 is 1.81 bits per heavy atom. The molecule has 8 nitrogen and oxygen atoms in total. The first-order valence-corrected chi connectivity index (χ1v) is 9.36. The van der Waals surface area contributed by atoms with E-state index in [1.54, 1.807) is 17.0 Å². The van der Waals surface area contributed by atoms with Crippen LogP contribution in [0.15, 0.2) is 30.3 Å². The van der Waals surface area contributed by atoms with Gasteiger partial charge in [-0.15, -0.1) is 0 Å². The number of carbonyl (C=O) groups excluding carboxylic acids is 3. The van der Waals surface area contributed by atoms with Gasteiger partial charge in [0.05, 0.1) is 13.0 Å². The summed E-state index contributed by atoms with van der Waals surface area (Å²) in [5.41, 5.74) is 0.675. The van der Waals surface area contributed by atoms with E-state index in [9.17, 15) is 14.4 Å². The van der Waals surface area contributed by atoms with Crippen molar-refractivity contribution in [2.24, 2.45) is 0 Å². The van der Waals surface area contributed by atoms with E-state index < -0.39 is 6.04 Å². The summed E-state index contributed by atoms with van der Waals surface area (Å²) in [7, 11) is 2.06. The van der Waals surface area contributed by atoms with Crippen LogP contribution in [0.4, 0.5) is 5.69 Å². The number of para-hydroxylation sites is 1. The van der Waals surface area contributed by atoms with E-state index in [-0.39, 0.29) is 30.7 Å². The van der Waals surface area contributed by atoms with Crippen molar-refractivity contribution in [2.75, 3.05) is 58.2 Å². The van der Waals surface area contributed by atoms with E-state index in [1.807, 2.05) is 18.2 Å². The molecule has 0 spiro atoms. The maximum atomic E-state index is 12.8. The Kier molecular flexibility index (Phi) is 6.41. The molecule has 2 saturated heterocycles. The van der Waals surface area contributed by atoms with Gasteiger partial charge in [-0.05, 0) is 19.2 Å². The van der Waals surface area contributed by atoms with E-state index >= 15 is 0 Å². The number of piperazine rings is 2. The molecular weight excluding hydrogens is 346 g/mol. The van der Waals surface area contributed by atoms with Crippen molar-refractivity contribution in [2.45, 2.75) is 12.5 Å². The predicted octanol–water partition coefficient (Wildman–Crippen LogP) is -0.410. The van der Waals surface area contributed by atoms with Crippen LogP contribution in [0.1, 0.15) is 6.42 Å². The number of nitrogens with one attached hydrogen (secondary N) is 2. The first-order valence-electron chi connectivity index (χ1n) is 9.36. The predicted molar refractivity (Wildman–Crippen MR) is 102 cm³/mol. The second-order valence-corrected chi connectivity index (χ2v) is 7.09. The number of amides is 3. The third-order valence-electron chi connectivity index (χ3n) is 5.04. The van der Waals surface area contributed by atoms with Crippen molar-refractivity contribution >= 4 is 23.4 Å². The molecule has 146 valence electrons. The number of hydrogen-bond donors (Lipinski definition) is 2. The fourth-order valence-electron chi connectivity index (χ4n) is 3.41. The van der Waals surface area contributed by atoms with Crippen molar-refractivity contribution in [3.63, 3.8) is 0 Å². The largest absolute Gasteiger partial charge is 0.353 e. The molecule has 2 aliphatic rings. The first kappa shape index (κ1) is 19.3. The van der Waals surface area contributed by atoms with Gasteiger partial charge < -0.3 is 20.4 Å². The number of nitrogens with zero attached hydrogens (tertiary/aromatic N) is 3. The monoisotopic (exact) mass is 373 g/mol. The lowest BCUT2D eigenvalue weighted by Crippen LogP contribution is -2.60. The molecule has 0 aliphatic carbocycles. The molecule has 27 heavy (non-hydrogen) atoms. The van der Waals surface area contributed by atoms with Gasteiger partial charge in [0.1, 0.15) is 6.04 Å². The minimum Gasteiger partial charge on any atom is -0.353 e. The highest BCUT2D eigenvalue weighted by Crippen LogP contribution is 2.13. The summed E-state index contributed by atoms with van der Waals surface area (Å²) in [5.74, 6) is -0.635. The van der Waals surface area contributed by atoms with Gasteiger partial charge >= 0.3 is 0 Å². The fraction of sp³-hybridized carbons (Fsp3) is 0.526. The molecule has 1 aromatic carbocycles. The number of carbonyl (C=O) groups is 3. The standard InChI is InChI=1S/C19H27N5O3/c1-22-9-11-23(12-10-22)14-18(26)24-8-7-20-19(27)16(24)13-17(25)21-15-5-3-2-4-6-15/h2-6,16H,7-14H2,1H3,(H,20,27)(H,21,25)/t16-/m0/s1. The van der Waals surface area contributed by atoms with Crippen LogP contribution in [0.25, 0.3) is 0 Å². The van der Waals surface area contributed by atoms with E-state index in [2.05, 4.69) is 27.5 Å². The quantitative estimate of drug-likeness (QED) is 0.733. The van der Waals surface area contributed by atoms with Gasteiger partial charge in [0.25, 0.3) is 0 Å². The number of anilines is 1. The minimum atomic E-state index is -0.762. The molecule has 0 unspecified atom stereocenters. The summed E-state index contributed by atoms with van der Waals surface area (Å²) in [4.78, 5) is 43.4. The van der Waals surface area contributed by atoms with E-state index in [4.69, 9.17) is 0 Å². The highest BCUT2D eigenvalue weighted by molar-refractivity contribution is 5.97. The Morgan fingerprint density at radius 3 is 2.52 bits per heavy atom. The second kappa shape index (κ2) is 8.96. The third-order valence-corrected chi connectivity index (χ3v) is 5.04. The van der Waals surface area contributed by atoms with Crippen LogP contribution >= 0.6 is 0 Å². The Morgan fingerprint density at radius 1 is 1.11 bits per heavy atom. The zero-order valence-electron chi connectivity index (χ0n) is 15.7. The van der Waals surface area contributed by atoms with Gasteiger partial charge in [0.2, 0.25) is 17.7 Å². The Balaban J connectivity index is 1.59. The Hall–Kier alpha value is -2.45. The van der Waals surface area contributed by atoms with E-state index in [1.165, 1.54) is 0 Å². The molecule has 3 rings (SSSR count). The van der Waals surface area contributed by atoms with Crippen molar-refractivity contribution < 1.29 is 14.4 Å². The van der Waals surface area contributed by atoms with Crippen LogP contribution in [0.3, 0.4) is 0 Å². The lowest BCUT2D eigenvalue weighted by Gasteiger charge is -2.37. The average Bonchev–Trinajstić information content (AvgIpc) is 2.66. The second-order valence-electron chi connectivity index (χ2n) is 7.09. The lowest BCUT2D eigenvalue weighted by atomic mass is 10.1. The van der Waals surface area contributed by atoms with Crippen molar-refractivity contribution in [3.8, 4) is 0 Å². The Labute approximate surface area is 159 Å². The zero-order valence-corrected chi connectivity index (χ0v) is 15.7. The molecule has 3 amide bonds. The number of likely N-dealkylation sites (N-methyl/N-ethyl adjacent to an activating group) is 1. The molecule has 2 fully saturated rings. The molecular formula is C19H27N5O3. The minimum absolute atomic E-state index is 0.0464. The van der Waals surface area contributed by atoms with Crippen LogP contribution in [0.5, 0.6) is 0 Å². The maximum absolute atomic E-state index is 12.8. The number of rotatable bonds is 5. The first-order chi connectivity index (χ1) is 13.0. The smallest absolute Gasteiger partial charge is 0.243 e. The topological polar surface area (TPSA) is 85.0 Å². The van der Waals surface area contributed by atoms with Gasteiger partial charge in [0.15, 0.2) is 0 Å². The average molecular weight is 373 g/mol. The highest BCUT2D eigenvalue weighted by atomic mass is 16.2. The molecule has 0 radical (unpaired) electrons. The summed E-state index contributed by atoms with van der Waals surface area (Å²) in [5, 5.41) is 5.55. The van der Waals surface area contributed by atoms with Crippen LogP contribution < -0.4 is 10.6 Å². The summed E-state index contributed by atoms with van der Waals surface area (Å²) in [6, 6.07) is 8.33. The van der Waals surface area contributed by atoms with E-state index in [0.29, 0.717) is 18.8 Å². The number of benzene rings is 1. The summed E-state index contributed by atoms with van der Waals surface area (Å²) >= 11 is 0. The normalized spacial score (nSPS) is 21.6. The van der Waals surface area contributed by atoms with Crippen molar-refractivity contribution in [3.05, 3.63) is 30.3 Å². The third kappa shape index (κ3) is 5.27. The van der Waals surface area contributed by atoms with Crippen LogP contribution in [-0.2, 0) is 14.4 Å². The van der Waals surface area contributed by atoms with Gasteiger partial charge in [0, 0.05) is 45.0 Å². The van der Waals surface area contributed by atoms with Gasteiger partial charge in [-0.2, -0.15) is 0 Å². The summed E-state index contributed by atoms with van der Waals surface area (Å²) < 4.78 is 0. The molecule has 2 aliphatic heterocycles. The molecule has 8 heteroatoms. The van der Waals surface area contributed by atoms with Gasteiger partial charge in [-0.25, -0.2) is 0 Å². The van der Waals surface area contributed by atoms with Gasteiger partial charge in [-0.1, -0.05) is 18.2 Å². The SMILES string of the molecule is CN1CCN(CC(=O)N2CCNC(=O)[C@@H]2CC(=O)Nc2ccccc2)CC1. The summed E-state index contributed by atoms with van der Waals surface area (Å²) in [6.45, 7) is 4.67. The van der Waals surface area contributed by atoms with Crippen LogP contribution in [0, 0.1) is 0 Å². The molecule has 2 N–H and O–H groups in total. The van der Waals surface area contributed by atoms with E-state index in [0.717, 1.165) is 26.2 Å². The molecule has 0 aromatic heterocycles. The summed E-state index contributed by atoms with van der Waals surface area (Å²) in [6.07, 6.45) is -0.0464. The van der Waals surface area contributed by atoms with Crippen LogP contribution in [-0.4, -0.2) is 91.3 Å². The molecule has 0 bridgehead atoms. The fourth-order valence-corrected chi connectivity index (χ4v) is 3.41. The highest BCUT2D eigenvalue weighted by Gasteiger charge is 2.35. The Bertz CT molecular complexity index is 673. The molecule has 2 heterocycles. The molecule has 1 aromatic rings. The maximum Gasteiger partial charge on any atom is 0.243 e. The number of hydrogen-bond acceptors (Lipinski definition) is 5. The molecule has 1 atom stereocenters. The van der Waals surface area contributed by atoms with Crippen molar-refractivity contribution in [1.29, 1.82) is 0 Å². The molecule has 0 saturated carbocycles. The van der Waals surface area contributed by atoms with Crippen LogP contribution in [0.2, 0.25) is 0 Å². The zero-order chi connectivity index (χ0) is 19.2. The van der Waals surface area contributed by atoms with Crippen molar-refractivity contribution in [1.82, 2.24) is 20.0 Å².